The van der Waals surface area contributed by atoms with Crippen LogP contribution in [0.25, 0.3) is 0 Å². The van der Waals surface area contributed by atoms with E-state index in [1.54, 1.807) is 4.54 Å². The van der Waals surface area contributed by atoms with Gasteiger partial charge in [-0.2, -0.15) is 0 Å². The van der Waals surface area contributed by atoms with Crippen LogP contribution in [0.5, 0.6) is 0 Å². The molecule has 0 aromatic heterocycles. The van der Waals surface area contributed by atoms with Gasteiger partial charge in [0.25, 0.3) is 7.42 Å². The van der Waals surface area contributed by atoms with Crippen molar-refractivity contribution in [1.82, 2.24) is 0 Å². The van der Waals surface area contributed by atoms with E-state index in [0.29, 0.717) is 0 Å². The van der Waals surface area contributed by atoms with Crippen molar-refractivity contribution >= 4 is 56.4 Å². The van der Waals surface area contributed by atoms with Crippen LogP contribution in [0, 0.1) is 0 Å². The third-order valence-electron chi connectivity index (χ3n) is 2.44. The molecule has 0 aromatic rings. The Morgan fingerprint density at radius 3 is 1.57 bits per heavy atom. The first-order valence-corrected chi connectivity index (χ1v) is 17.2. The third-order valence-corrected chi connectivity index (χ3v) is 27.0. The van der Waals surface area contributed by atoms with E-state index in [1.807, 2.05) is 0 Å². The van der Waals surface area contributed by atoms with E-state index < -0.39 is 22.1 Å². The molecule has 0 bridgehead atoms. The highest BCUT2D eigenvalue weighted by atomic mass is 35.7. The average Bonchev–Trinajstić information content (AvgIpc) is 1.79. The molecule has 0 heterocycles. The lowest BCUT2D eigenvalue weighted by atomic mass is 11.7. The minimum Gasteiger partial charge on any atom is -0.141 e. The average molecular weight is 306 g/mol. The van der Waals surface area contributed by atoms with E-state index in [-0.39, 0.29) is 7.61 Å². The molecular formula is C8H21Cl2P2Si2. The van der Waals surface area contributed by atoms with E-state index >= 15 is 0 Å². The molecule has 1 radical (unpaired) electrons. The van der Waals surface area contributed by atoms with E-state index in [9.17, 15) is 0 Å². The van der Waals surface area contributed by atoms with Crippen LogP contribution in [0.1, 0.15) is 0 Å². The SMILES string of the molecule is CP(C)P(C)(C)=C([Si](Cl)Cl)[Si](C)(C)C. The summed E-state index contributed by atoms with van der Waals surface area (Å²) in [4.78, 5) is 0. The van der Waals surface area contributed by atoms with Gasteiger partial charge in [0.05, 0.1) is 8.07 Å². The molecule has 0 saturated heterocycles. The molecule has 0 rings (SSSR count). The molecule has 0 unspecified atom stereocenters. The van der Waals surface area contributed by atoms with Crippen LogP contribution >= 0.6 is 36.3 Å². The zero-order chi connectivity index (χ0) is 11.7. The van der Waals surface area contributed by atoms with Crippen molar-refractivity contribution in [2.24, 2.45) is 0 Å². The van der Waals surface area contributed by atoms with Crippen molar-refractivity contribution in [3.63, 3.8) is 0 Å². The molecule has 0 aliphatic rings. The predicted molar refractivity (Wildman–Crippen MR) is 83.3 cm³/mol. The lowest BCUT2D eigenvalue weighted by Crippen LogP contribution is -2.40. The van der Waals surface area contributed by atoms with Crippen molar-refractivity contribution in [1.29, 1.82) is 0 Å². The summed E-state index contributed by atoms with van der Waals surface area (Å²) >= 11 is 12.5. The zero-order valence-electron chi connectivity index (χ0n) is 10.2. The van der Waals surface area contributed by atoms with Gasteiger partial charge in [0.2, 0.25) is 0 Å². The second-order valence-corrected chi connectivity index (χ2v) is 25.6. The molecule has 0 nitrogen and oxygen atoms in total. The Morgan fingerprint density at radius 2 is 1.50 bits per heavy atom. The van der Waals surface area contributed by atoms with Crippen molar-refractivity contribution in [3.05, 3.63) is 0 Å². The fourth-order valence-corrected chi connectivity index (χ4v) is 30.8. The summed E-state index contributed by atoms with van der Waals surface area (Å²) in [5, 5.41) is 0. The summed E-state index contributed by atoms with van der Waals surface area (Å²) in [7, 11) is -2.44. The molecule has 85 valence electrons. The standard InChI is InChI=1S/C8H21Cl2P2Si2/c1-11(2)12(3,4)8(13(9)10)14(5,6)7/h1-7H3. The Balaban J connectivity index is 5.62. The van der Waals surface area contributed by atoms with Gasteiger partial charge in [-0.1, -0.05) is 38.4 Å². The molecule has 0 aliphatic carbocycles. The molecule has 6 heteroatoms. The van der Waals surface area contributed by atoms with E-state index in [0.717, 1.165) is 0 Å². The number of rotatable bonds is 3. The maximum Gasteiger partial charge on any atom is 0.299 e. The Kier molecular flexibility index (Phi) is 6.05. The highest BCUT2D eigenvalue weighted by Crippen LogP contribution is 2.69. The van der Waals surface area contributed by atoms with Crippen molar-refractivity contribution in [2.75, 3.05) is 26.7 Å². The maximum atomic E-state index is 6.26. The van der Waals surface area contributed by atoms with E-state index in [2.05, 4.69) is 46.3 Å². The van der Waals surface area contributed by atoms with Crippen LogP contribution < -0.4 is 0 Å². The van der Waals surface area contributed by atoms with Crippen LogP contribution in [-0.4, -0.2) is 46.7 Å². The molecular weight excluding hydrogens is 285 g/mol. The van der Waals surface area contributed by atoms with Gasteiger partial charge in [-0.15, -0.1) is 22.2 Å². The van der Waals surface area contributed by atoms with Crippen molar-refractivity contribution in [3.8, 4) is 0 Å². The van der Waals surface area contributed by atoms with Gasteiger partial charge in [-0.25, -0.2) is 0 Å². The zero-order valence-corrected chi connectivity index (χ0v) is 15.5. The lowest BCUT2D eigenvalue weighted by molar-refractivity contribution is 1.85. The fourth-order valence-electron chi connectivity index (χ4n) is 1.51. The molecule has 0 spiro atoms. The van der Waals surface area contributed by atoms with Gasteiger partial charge in [-0.3, -0.25) is 0 Å². The first-order valence-electron chi connectivity index (χ1n) is 4.59. The predicted octanol–water partition coefficient (Wildman–Crippen LogP) is 4.47. The van der Waals surface area contributed by atoms with E-state index in [1.165, 1.54) is 0 Å². The quantitative estimate of drug-likeness (QED) is 0.410. The molecule has 0 saturated carbocycles. The molecule has 0 fully saturated rings. The fraction of sp³-hybridized carbons (Fsp3) is 0.875. The summed E-state index contributed by atoms with van der Waals surface area (Å²) in [6, 6.07) is 0. The molecule has 0 aromatic carbocycles. The smallest absolute Gasteiger partial charge is 0.141 e. The monoisotopic (exact) mass is 305 g/mol. The summed E-state index contributed by atoms with van der Waals surface area (Å²) in [5.74, 6) is 0. The second kappa shape index (κ2) is 5.38. The van der Waals surface area contributed by atoms with Gasteiger partial charge in [0, 0.05) is 0 Å². The van der Waals surface area contributed by atoms with Gasteiger partial charge < -0.3 is 0 Å². The van der Waals surface area contributed by atoms with Gasteiger partial charge >= 0.3 is 0 Å². The first kappa shape index (κ1) is 15.7. The highest BCUT2D eigenvalue weighted by molar-refractivity contribution is 8.39. The Hall–Kier alpha value is 1.74. The van der Waals surface area contributed by atoms with Gasteiger partial charge in [-0.05, 0) is 26.7 Å². The third kappa shape index (κ3) is 3.96. The van der Waals surface area contributed by atoms with Crippen molar-refractivity contribution < 1.29 is 0 Å². The number of hydrogen-bond donors (Lipinski definition) is 0. The minimum atomic E-state index is -1.28. The van der Waals surface area contributed by atoms with Gasteiger partial charge in [0.1, 0.15) is 0 Å². The van der Waals surface area contributed by atoms with Crippen LogP contribution in [0.3, 0.4) is 0 Å². The van der Waals surface area contributed by atoms with Crippen LogP contribution in [0.2, 0.25) is 19.6 Å². The summed E-state index contributed by atoms with van der Waals surface area (Å²) in [6.07, 6.45) is 0. The highest BCUT2D eigenvalue weighted by Gasteiger charge is 2.33. The summed E-state index contributed by atoms with van der Waals surface area (Å²) in [6.45, 7) is 15.7. The molecule has 0 aliphatic heterocycles. The maximum absolute atomic E-state index is 6.26. The first-order chi connectivity index (χ1) is 6.01. The number of hydrogen-bond acceptors (Lipinski definition) is 0. The second-order valence-electron chi connectivity index (χ2n) is 5.10. The van der Waals surface area contributed by atoms with Gasteiger partial charge in [0.15, 0.2) is 0 Å². The normalized spacial score (nSPS) is 13.9. The number of halogens is 2. The Morgan fingerprint density at radius 1 is 1.14 bits per heavy atom. The van der Waals surface area contributed by atoms with Crippen LogP contribution in [0.4, 0.5) is 0 Å². The molecule has 0 atom stereocenters. The Labute approximate surface area is 102 Å². The molecule has 14 heavy (non-hydrogen) atoms. The van der Waals surface area contributed by atoms with Crippen LogP contribution in [-0.2, 0) is 0 Å². The lowest BCUT2D eigenvalue weighted by Gasteiger charge is -2.34. The largest absolute Gasteiger partial charge is 0.299 e. The molecule has 0 amide bonds. The molecule has 0 N–H and O–H groups in total. The summed E-state index contributed by atoms with van der Waals surface area (Å²) < 4.78 is 1.61. The topological polar surface area (TPSA) is 0 Å². The van der Waals surface area contributed by atoms with E-state index in [4.69, 9.17) is 22.2 Å². The van der Waals surface area contributed by atoms with Crippen molar-refractivity contribution in [2.45, 2.75) is 19.6 Å². The Bertz CT molecular complexity index is 251. The minimum absolute atomic E-state index is 0.0855. The summed E-state index contributed by atoms with van der Waals surface area (Å²) in [5.41, 5.74) is 0. The van der Waals surface area contributed by atoms with Crippen LogP contribution in [0.15, 0.2) is 0 Å².